The van der Waals surface area contributed by atoms with Gasteiger partial charge in [-0.15, -0.1) is 10.2 Å². The van der Waals surface area contributed by atoms with Gasteiger partial charge in [0, 0.05) is 10.3 Å². The molecule has 0 atom stereocenters. The van der Waals surface area contributed by atoms with Gasteiger partial charge in [0.25, 0.3) is 4.34 Å². The smallest absolute Gasteiger partial charge is 0.274 e. The normalized spacial score (nSPS) is 10.5. The van der Waals surface area contributed by atoms with Crippen molar-refractivity contribution in [3.63, 3.8) is 0 Å². The Hall–Kier alpha value is 0.260. The van der Waals surface area contributed by atoms with Crippen molar-refractivity contribution >= 4 is 32.4 Å². The fourth-order valence-electron chi connectivity index (χ4n) is 0.285. The maximum absolute atomic E-state index is 8.49. The first kappa shape index (κ1) is 13.3. The molecule has 0 aromatic carbocycles. The van der Waals surface area contributed by atoms with Crippen LogP contribution in [0.1, 0.15) is 0 Å². The lowest BCUT2D eigenvalue weighted by Crippen LogP contribution is -2.68. The van der Waals surface area contributed by atoms with Crippen molar-refractivity contribution in [1.29, 1.82) is 0 Å². The SMILES string of the molecule is CSc1nc(=[NH2+])ss1.[O-][Cl+3]([O-])([O-])[O-]. The maximum Gasteiger partial charge on any atom is 0.385 e. The van der Waals surface area contributed by atoms with E-state index in [2.05, 4.69) is 4.98 Å². The second kappa shape index (κ2) is 5.88. The quantitative estimate of drug-likeness (QED) is 0.399. The lowest BCUT2D eigenvalue weighted by molar-refractivity contribution is -2.00. The highest BCUT2D eigenvalue weighted by Gasteiger charge is 2.01. The molecule has 1 aromatic heterocycles. The number of thioether (sulfide) groups is 1. The topological polar surface area (TPSA) is 131 Å². The molecule has 0 amide bonds. The highest BCUT2D eigenvalue weighted by molar-refractivity contribution is 8.01. The Morgan fingerprint density at radius 3 is 1.92 bits per heavy atom. The summed E-state index contributed by atoms with van der Waals surface area (Å²) in [5, 5.41) is 5.36. The summed E-state index contributed by atoms with van der Waals surface area (Å²) in [4.78, 5) is 4.67. The van der Waals surface area contributed by atoms with E-state index in [9.17, 15) is 0 Å². The van der Waals surface area contributed by atoms with Crippen molar-refractivity contribution < 1.29 is 34.3 Å². The summed E-state index contributed by atoms with van der Waals surface area (Å²) in [6.07, 6.45) is 1.99. The molecule has 1 heterocycles. The minimum atomic E-state index is -4.94. The van der Waals surface area contributed by atoms with Gasteiger partial charge in [0.05, 0.1) is 0 Å². The zero-order chi connectivity index (χ0) is 10.5. The molecule has 10 heteroatoms. The third kappa shape index (κ3) is 10.2. The van der Waals surface area contributed by atoms with Crippen LogP contribution in [0.25, 0.3) is 0 Å². The van der Waals surface area contributed by atoms with E-state index in [0.29, 0.717) is 4.80 Å². The fourth-order valence-corrected chi connectivity index (χ4v) is 2.90. The van der Waals surface area contributed by atoms with Crippen LogP contribution < -0.4 is 28.8 Å². The molecule has 0 unspecified atom stereocenters. The van der Waals surface area contributed by atoms with Crippen LogP contribution >= 0.6 is 32.4 Å². The summed E-state index contributed by atoms with van der Waals surface area (Å²) in [6, 6.07) is 0. The Kier molecular flexibility index (Phi) is 6.00. The Bertz CT molecular complexity index is 287. The fraction of sp³-hybridized carbons (Fsp3) is 0.333. The van der Waals surface area contributed by atoms with Crippen LogP contribution in [0.3, 0.4) is 0 Å². The van der Waals surface area contributed by atoms with Crippen LogP contribution in [0, 0.1) is 10.2 Å². The molecular formula is C3H5ClN2O4S3. The molecule has 13 heavy (non-hydrogen) atoms. The van der Waals surface area contributed by atoms with Crippen LogP contribution in [0.5, 0.6) is 0 Å². The summed E-state index contributed by atoms with van der Waals surface area (Å²) in [6.45, 7) is 0. The highest BCUT2D eigenvalue weighted by atomic mass is 35.7. The van der Waals surface area contributed by atoms with Gasteiger partial charge in [-0.05, 0) is 21.6 Å². The Balaban J connectivity index is 0.000000252. The molecule has 1 rings (SSSR count). The molecule has 0 radical (unpaired) electrons. The predicted octanol–water partition coefficient (Wildman–Crippen LogP) is -5.17. The first-order chi connectivity index (χ1) is 5.83. The molecule has 1 aromatic rings. The van der Waals surface area contributed by atoms with Gasteiger partial charge in [0.2, 0.25) is 0 Å². The maximum atomic E-state index is 8.49. The van der Waals surface area contributed by atoms with E-state index in [1.54, 1.807) is 22.1 Å². The lowest BCUT2D eigenvalue weighted by atomic mass is 11.3. The van der Waals surface area contributed by atoms with Gasteiger partial charge in [0.15, 0.2) is 0 Å². The van der Waals surface area contributed by atoms with E-state index < -0.39 is 10.2 Å². The van der Waals surface area contributed by atoms with Crippen molar-refractivity contribution in [1.82, 2.24) is 4.98 Å². The molecule has 2 N–H and O–H groups in total. The number of halogens is 1. The number of nitrogens with zero attached hydrogens (tertiary/aromatic N) is 1. The van der Waals surface area contributed by atoms with Crippen LogP contribution in [0.15, 0.2) is 4.34 Å². The van der Waals surface area contributed by atoms with Crippen LogP contribution in [0.4, 0.5) is 0 Å². The van der Waals surface area contributed by atoms with Crippen LogP contribution in [-0.4, -0.2) is 11.2 Å². The molecule has 0 fully saturated rings. The third-order valence-electron chi connectivity index (χ3n) is 0.574. The molecule has 6 nitrogen and oxygen atoms in total. The number of aromatic nitrogens is 1. The number of rotatable bonds is 1. The molecule has 0 spiro atoms. The molecule has 0 aliphatic heterocycles. The molecule has 0 bridgehead atoms. The second-order valence-electron chi connectivity index (χ2n) is 1.46. The largest absolute Gasteiger partial charge is 0.385 e. The molecule has 76 valence electrons. The van der Waals surface area contributed by atoms with Gasteiger partial charge in [-0.2, -0.15) is 0 Å². The number of hydrogen-bond donors (Lipinski definition) is 1. The highest BCUT2D eigenvalue weighted by Crippen LogP contribution is 2.16. The van der Waals surface area contributed by atoms with E-state index >= 15 is 0 Å². The van der Waals surface area contributed by atoms with Crippen molar-refractivity contribution in [3.8, 4) is 0 Å². The van der Waals surface area contributed by atoms with Crippen LogP contribution in [-0.2, 0) is 0 Å². The van der Waals surface area contributed by atoms with Crippen LogP contribution in [0.2, 0.25) is 0 Å². The van der Waals surface area contributed by atoms with Gasteiger partial charge < -0.3 is 0 Å². The average molecular weight is 265 g/mol. The summed E-state index contributed by atoms with van der Waals surface area (Å²) < 4.78 is 35.0. The lowest BCUT2D eigenvalue weighted by Gasteiger charge is -2.17. The Morgan fingerprint density at radius 2 is 1.77 bits per heavy atom. The Labute approximate surface area is 87.1 Å². The van der Waals surface area contributed by atoms with Gasteiger partial charge in [-0.1, -0.05) is 11.8 Å². The van der Waals surface area contributed by atoms with Crippen molar-refractivity contribution in [2.75, 3.05) is 6.26 Å². The Morgan fingerprint density at radius 1 is 1.31 bits per heavy atom. The van der Waals surface area contributed by atoms with E-state index in [1.165, 1.54) is 10.3 Å². The molecular weight excluding hydrogens is 260 g/mol. The van der Waals surface area contributed by atoms with E-state index in [0.717, 1.165) is 4.34 Å². The minimum absolute atomic E-state index is 0.666. The standard InChI is InChI=1S/C3H4N2S3.ClHO4/c1-6-3-5-2(4)7-8-3;2-1(3,4)5/h4H,1H3;(H,2,3,4,5). The average Bonchev–Trinajstić information content (AvgIpc) is 2.31. The second-order valence-corrected chi connectivity index (χ2v) is 5.41. The van der Waals surface area contributed by atoms with Crippen molar-refractivity contribution in [2.24, 2.45) is 0 Å². The van der Waals surface area contributed by atoms with Gasteiger partial charge in [-0.3, -0.25) is 5.41 Å². The van der Waals surface area contributed by atoms with Gasteiger partial charge in [-0.25, -0.2) is 18.6 Å². The van der Waals surface area contributed by atoms with E-state index in [-0.39, 0.29) is 0 Å². The third-order valence-corrected chi connectivity index (χ3v) is 3.90. The zero-order valence-electron chi connectivity index (χ0n) is 6.26. The zero-order valence-corrected chi connectivity index (χ0v) is 9.47. The summed E-state index contributed by atoms with van der Waals surface area (Å²) in [7, 11) is -1.81. The van der Waals surface area contributed by atoms with Crippen molar-refractivity contribution in [2.45, 2.75) is 4.34 Å². The summed E-state index contributed by atoms with van der Waals surface area (Å²) in [5.41, 5.74) is 0. The minimum Gasteiger partial charge on any atom is -0.274 e. The van der Waals surface area contributed by atoms with E-state index in [4.69, 9.17) is 24.0 Å². The van der Waals surface area contributed by atoms with Gasteiger partial charge >= 0.3 is 4.80 Å². The van der Waals surface area contributed by atoms with E-state index in [1.807, 2.05) is 6.26 Å². The monoisotopic (exact) mass is 264 g/mol. The first-order valence-corrected chi connectivity index (χ1v) is 7.15. The van der Waals surface area contributed by atoms with Gasteiger partial charge in [0.1, 0.15) is 0 Å². The number of nitrogens with two attached hydrogens (primary N) is 1. The number of hydrogen-bond acceptors (Lipinski definition) is 8. The predicted molar refractivity (Wildman–Crippen MR) is 36.8 cm³/mol. The molecule has 0 saturated heterocycles. The molecule has 0 saturated carbocycles. The molecule has 0 aliphatic rings. The summed E-state index contributed by atoms with van der Waals surface area (Å²) in [5.74, 6) is 0. The molecule has 0 aliphatic carbocycles. The first-order valence-electron chi connectivity index (χ1n) is 2.54. The van der Waals surface area contributed by atoms with Crippen molar-refractivity contribution in [3.05, 3.63) is 4.80 Å². The summed E-state index contributed by atoms with van der Waals surface area (Å²) >= 11 is 1.63.